The van der Waals surface area contributed by atoms with Gasteiger partial charge in [-0.15, -0.1) is 0 Å². The summed E-state index contributed by atoms with van der Waals surface area (Å²) in [4.78, 5) is 22.9. The van der Waals surface area contributed by atoms with Crippen LogP contribution in [-0.4, -0.2) is 22.5 Å². The van der Waals surface area contributed by atoms with Crippen LogP contribution in [0.3, 0.4) is 0 Å². The molecule has 0 unspecified atom stereocenters. The van der Waals surface area contributed by atoms with Crippen molar-refractivity contribution in [2.45, 2.75) is 13.0 Å². The molecule has 2 aromatic rings. The normalized spacial score (nSPS) is 11.7. The number of benzene rings is 2. The summed E-state index contributed by atoms with van der Waals surface area (Å²) in [6, 6.07) is 12.9. The van der Waals surface area contributed by atoms with Crippen LogP contribution >= 0.6 is 0 Å². The van der Waals surface area contributed by atoms with Crippen molar-refractivity contribution in [2.75, 3.05) is 6.61 Å². The molecule has 0 spiro atoms. The standard InChI is InChI=1S/C16H16N2O4/c1-11-6-5-9-13(15(11)18(21)22)16(20)17-14(10-19)12-7-3-2-4-8-12/h2-9,14,19H,10H2,1H3,(H,17,20)/t14-/m1/s1. The summed E-state index contributed by atoms with van der Waals surface area (Å²) in [7, 11) is 0. The van der Waals surface area contributed by atoms with Crippen molar-refractivity contribution < 1.29 is 14.8 Å². The number of nitrogens with zero attached hydrogens (tertiary/aromatic N) is 1. The van der Waals surface area contributed by atoms with Crippen molar-refractivity contribution in [2.24, 2.45) is 0 Å². The summed E-state index contributed by atoms with van der Waals surface area (Å²) < 4.78 is 0. The molecule has 1 amide bonds. The molecule has 6 heteroatoms. The fourth-order valence-electron chi connectivity index (χ4n) is 2.24. The molecule has 1 atom stereocenters. The van der Waals surface area contributed by atoms with Gasteiger partial charge in [-0.1, -0.05) is 42.5 Å². The lowest BCUT2D eigenvalue weighted by Crippen LogP contribution is -2.31. The molecular formula is C16H16N2O4. The zero-order valence-corrected chi connectivity index (χ0v) is 12.0. The van der Waals surface area contributed by atoms with Gasteiger partial charge in [0.1, 0.15) is 5.56 Å². The quantitative estimate of drug-likeness (QED) is 0.655. The monoisotopic (exact) mass is 300 g/mol. The van der Waals surface area contributed by atoms with E-state index in [-0.39, 0.29) is 17.9 Å². The number of nitro benzene ring substituents is 1. The first-order chi connectivity index (χ1) is 10.5. The van der Waals surface area contributed by atoms with Crippen LogP contribution in [0.4, 0.5) is 5.69 Å². The number of hydrogen-bond acceptors (Lipinski definition) is 4. The van der Waals surface area contributed by atoms with Gasteiger partial charge in [0.2, 0.25) is 0 Å². The average molecular weight is 300 g/mol. The Morgan fingerprint density at radius 3 is 2.50 bits per heavy atom. The fraction of sp³-hybridized carbons (Fsp3) is 0.188. The molecule has 22 heavy (non-hydrogen) atoms. The van der Waals surface area contributed by atoms with Gasteiger partial charge >= 0.3 is 0 Å². The highest BCUT2D eigenvalue weighted by Gasteiger charge is 2.24. The van der Waals surface area contributed by atoms with Gasteiger partial charge in [0.15, 0.2) is 0 Å². The van der Waals surface area contributed by atoms with Gasteiger partial charge < -0.3 is 10.4 Å². The Balaban J connectivity index is 2.29. The lowest BCUT2D eigenvalue weighted by atomic mass is 10.0. The topological polar surface area (TPSA) is 92.5 Å². The molecule has 0 saturated heterocycles. The van der Waals surface area contributed by atoms with E-state index in [1.165, 1.54) is 6.07 Å². The van der Waals surface area contributed by atoms with Crippen LogP contribution in [0.25, 0.3) is 0 Å². The summed E-state index contributed by atoms with van der Waals surface area (Å²) in [5.74, 6) is -0.585. The van der Waals surface area contributed by atoms with E-state index in [4.69, 9.17) is 0 Å². The maximum absolute atomic E-state index is 12.3. The van der Waals surface area contributed by atoms with Crippen molar-refractivity contribution in [3.05, 3.63) is 75.3 Å². The number of aliphatic hydroxyl groups is 1. The highest BCUT2D eigenvalue weighted by molar-refractivity contribution is 5.98. The Kier molecular flexibility index (Phi) is 4.85. The average Bonchev–Trinajstić information content (AvgIpc) is 2.52. The third-order valence-corrected chi connectivity index (χ3v) is 3.35. The van der Waals surface area contributed by atoms with Crippen LogP contribution in [0.5, 0.6) is 0 Å². The Morgan fingerprint density at radius 1 is 1.23 bits per heavy atom. The zero-order chi connectivity index (χ0) is 16.1. The van der Waals surface area contributed by atoms with Crippen LogP contribution in [0.2, 0.25) is 0 Å². The maximum Gasteiger partial charge on any atom is 0.285 e. The van der Waals surface area contributed by atoms with Gasteiger partial charge in [0, 0.05) is 5.56 Å². The lowest BCUT2D eigenvalue weighted by Gasteiger charge is -2.17. The van der Waals surface area contributed by atoms with Gasteiger partial charge in [-0.3, -0.25) is 14.9 Å². The van der Waals surface area contributed by atoms with Crippen LogP contribution in [0.15, 0.2) is 48.5 Å². The Labute approximate surface area is 127 Å². The van der Waals surface area contributed by atoms with E-state index >= 15 is 0 Å². The second kappa shape index (κ2) is 6.82. The first-order valence-corrected chi connectivity index (χ1v) is 6.75. The zero-order valence-electron chi connectivity index (χ0n) is 12.0. The number of aliphatic hydroxyl groups excluding tert-OH is 1. The molecule has 0 radical (unpaired) electrons. The van der Waals surface area contributed by atoms with E-state index in [9.17, 15) is 20.0 Å². The van der Waals surface area contributed by atoms with Crippen molar-refractivity contribution >= 4 is 11.6 Å². The molecule has 0 fully saturated rings. The molecular weight excluding hydrogens is 284 g/mol. The van der Waals surface area contributed by atoms with E-state index in [2.05, 4.69) is 5.32 Å². The SMILES string of the molecule is Cc1cccc(C(=O)N[C@H](CO)c2ccccc2)c1[N+](=O)[O-]. The first kappa shape index (κ1) is 15.7. The molecule has 2 rings (SSSR count). The molecule has 0 heterocycles. The number of nitro groups is 1. The van der Waals surface area contributed by atoms with Crippen molar-refractivity contribution in [1.82, 2.24) is 5.32 Å². The molecule has 2 aromatic carbocycles. The molecule has 0 bridgehead atoms. The number of rotatable bonds is 5. The minimum Gasteiger partial charge on any atom is -0.394 e. The third kappa shape index (κ3) is 3.29. The number of para-hydroxylation sites is 1. The molecule has 114 valence electrons. The summed E-state index contributed by atoms with van der Waals surface area (Å²) in [5.41, 5.74) is 0.913. The van der Waals surface area contributed by atoms with Crippen molar-refractivity contribution in [1.29, 1.82) is 0 Å². The lowest BCUT2D eigenvalue weighted by molar-refractivity contribution is -0.385. The van der Waals surface area contributed by atoms with Gasteiger partial charge in [-0.2, -0.15) is 0 Å². The minimum atomic E-state index is -0.617. The summed E-state index contributed by atoms with van der Waals surface area (Å²) in [5, 5.41) is 23.2. The van der Waals surface area contributed by atoms with E-state index in [1.807, 2.05) is 6.07 Å². The minimum absolute atomic E-state index is 0.0145. The number of carbonyl (C=O) groups is 1. The van der Waals surface area contributed by atoms with E-state index < -0.39 is 16.9 Å². The van der Waals surface area contributed by atoms with Crippen molar-refractivity contribution in [3.8, 4) is 0 Å². The van der Waals surface area contributed by atoms with Crippen LogP contribution in [0.1, 0.15) is 27.5 Å². The molecule has 0 saturated carbocycles. The fourth-order valence-corrected chi connectivity index (χ4v) is 2.24. The second-order valence-electron chi connectivity index (χ2n) is 4.85. The summed E-state index contributed by atoms with van der Waals surface area (Å²) in [6.07, 6.45) is 0. The highest BCUT2D eigenvalue weighted by Crippen LogP contribution is 2.24. The predicted octanol–water partition coefficient (Wildman–Crippen LogP) is 2.37. The first-order valence-electron chi connectivity index (χ1n) is 6.75. The maximum atomic E-state index is 12.3. The Hall–Kier alpha value is -2.73. The Morgan fingerprint density at radius 2 is 1.91 bits per heavy atom. The van der Waals surface area contributed by atoms with Gasteiger partial charge in [-0.05, 0) is 18.6 Å². The smallest absolute Gasteiger partial charge is 0.285 e. The highest BCUT2D eigenvalue weighted by atomic mass is 16.6. The molecule has 0 aliphatic heterocycles. The van der Waals surface area contributed by atoms with Gasteiger partial charge in [0.05, 0.1) is 17.6 Å². The van der Waals surface area contributed by atoms with E-state index in [0.29, 0.717) is 5.56 Å². The molecule has 0 aromatic heterocycles. The molecule has 0 aliphatic rings. The van der Waals surface area contributed by atoms with E-state index in [0.717, 1.165) is 5.56 Å². The Bertz CT molecular complexity index is 686. The van der Waals surface area contributed by atoms with Crippen LogP contribution < -0.4 is 5.32 Å². The third-order valence-electron chi connectivity index (χ3n) is 3.35. The molecule has 6 nitrogen and oxygen atoms in total. The molecule has 0 aliphatic carbocycles. The van der Waals surface area contributed by atoms with E-state index in [1.54, 1.807) is 43.3 Å². The van der Waals surface area contributed by atoms with Crippen LogP contribution in [-0.2, 0) is 0 Å². The predicted molar refractivity (Wildman–Crippen MR) is 81.6 cm³/mol. The number of aryl methyl sites for hydroxylation is 1. The van der Waals surface area contributed by atoms with Crippen molar-refractivity contribution in [3.63, 3.8) is 0 Å². The molecule has 2 N–H and O–H groups in total. The number of hydrogen-bond donors (Lipinski definition) is 2. The number of carbonyl (C=O) groups excluding carboxylic acids is 1. The largest absolute Gasteiger partial charge is 0.394 e. The number of amides is 1. The summed E-state index contributed by atoms with van der Waals surface area (Å²) >= 11 is 0. The van der Waals surface area contributed by atoms with Crippen LogP contribution in [0, 0.1) is 17.0 Å². The summed E-state index contributed by atoms with van der Waals surface area (Å²) in [6.45, 7) is 1.28. The van der Waals surface area contributed by atoms with Gasteiger partial charge in [0.25, 0.3) is 11.6 Å². The number of nitrogens with one attached hydrogen (secondary N) is 1. The van der Waals surface area contributed by atoms with Gasteiger partial charge in [-0.25, -0.2) is 0 Å². The second-order valence-corrected chi connectivity index (χ2v) is 4.85.